The van der Waals surface area contributed by atoms with Crippen LogP contribution in [0.4, 0.5) is 39.5 Å². The minimum absolute atomic E-state index is 0.0219. The fraction of sp³-hybridized carbons (Fsp3) is 0.308. The van der Waals surface area contributed by atoms with Crippen LogP contribution in [0.15, 0.2) is 63.8 Å². The Morgan fingerprint density at radius 1 is 0.857 bits per heavy atom. The maximum atomic E-state index is 14.2. The molecule has 1 aromatic heterocycles. The lowest BCUT2D eigenvalue weighted by Gasteiger charge is -2.32. The van der Waals surface area contributed by atoms with Crippen LogP contribution in [0.3, 0.4) is 0 Å². The van der Waals surface area contributed by atoms with E-state index in [2.05, 4.69) is 20.8 Å². The Labute approximate surface area is 230 Å². The second-order valence-electron chi connectivity index (χ2n) is 8.69. The number of methoxy groups -OCH3 is 1. The molecule has 7 nitrogen and oxygen atoms in total. The maximum absolute atomic E-state index is 14.2. The first-order valence-electron chi connectivity index (χ1n) is 11.4. The smallest absolute Gasteiger partial charge is 0.497 e. The van der Waals surface area contributed by atoms with Gasteiger partial charge in [-0.1, -0.05) is 6.58 Å². The largest absolute Gasteiger partial charge is 0.573 e. The van der Waals surface area contributed by atoms with Crippen LogP contribution in [-0.4, -0.2) is 50.4 Å². The number of carbonyl (C=O) groups excluding carboxylic acids is 1. The number of hydrogen-bond donors (Lipinski definition) is 0. The summed E-state index contributed by atoms with van der Waals surface area (Å²) in [5.74, 6) is -20.0. The summed E-state index contributed by atoms with van der Waals surface area (Å²) < 4.78 is 146. The van der Waals surface area contributed by atoms with Gasteiger partial charge in [0.2, 0.25) is 0 Å². The van der Waals surface area contributed by atoms with Crippen LogP contribution in [0.5, 0.6) is 17.2 Å². The molecule has 0 unspecified atom stereocenters. The highest BCUT2D eigenvalue weighted by Crippen LogP contribution is 2.46. The van der Waals surface area contributed by atoms with Gasteiger partial charge in [-0.25, -0.2) is 9.59 Å². The van der Waals surface area contributed by atoms with Gasteiger partial charge in [-0.05, 0) is 37.3 Å². The second kappa shape index (κ2) is 11.5. The minimum Gasteiger partial charge on any atom is -0.497 e. The van der Waals surface area contributed by atoms with Gasteiger partial charge in [0.1, 0.15) is 22.8 Å². The monoisotopic (exact) mass is 614 g/mol. The molecule has 0 bridgehead atoms. The van der Waals surface area contributed by atoms with Crippen LogP contribution in [0.2, 0.25) is 0 Å². The van der Waals surface area contributed by atoms with E-state index >= 15 is 0 Å². The molecule has 0 aliphatic rings. The normalized spacial score (nSPS) is 12.6. The molecule has 0 fully saturated rings. The molecule has 16 heteroatoms. The van der Waals surface area contributed by atoms with Crippen LogP contribution in [0, 0.1) is 0 Å². The van der Waals surface area contributed by atoms with Gasteiger partial charge in [-0.2, -0.15) is 26.3 Å². The van der Waals surface area contributed by atoms with E-state index in [1.807, 2.05) is 0 Å². The SMILES string of the molecule is C=C(C)C(=O)OCC(F)(F)C(F)(F)C(F)(F)COc1ccc2cc(-c3ccc(OC)cc3OC(F)(F)F)c(=O)oc2c1. The van der Waals surface area contributed by atoms with Gasteiger partial charge < -0.3 is 23.4 Å². The van der Waals surface area contributed by atoms with Crippen LogP contribution in [0.1, 0.15) is 6.92 Å². The summed E-state index contributed by atoms with van der Waals surface area (Å²) in [5.41, 5.74) is -2.77. The molecule has 0 spiro atoms. The average Bonchev–Trinajstić information content (AvgIpc) is 2.89. The van der Waals surface area contributed by atoms with Gasteiger partial charge in [0, 0.05) is 28.7 Å². The zero-order chi connectivity index (χ0) is 31.7. The topological polar surface area (TPSA) is 84.2 Å². The molecule has 0 radical (unpaired) electrons. The molecule has 3 rings (SSSR count). The minimum atomic E-state index is -6.04. The Bertz CT molecular complexity index is 1550. The quantitative estimate of drug-likeness (QED) is 0.102. The van der Waals surface area contributed by atoms with Crippen molar-refractivity contribution < 1.29 is 67.7 Å². The summed E-state index contributed by atoms with van der Waals surface area (Å²) in [7, 11) is 1.18. The number of carbonyl (C=O) groups is 1. The number of esters is 1. The molecule has 2 aromatic carbocycles. The lowest BCUT2D eigenvalue weighted by molar-refractivity contribution is -0.322. The predicted molar refractivity (Wildman–Crippen MR) is 127 cm³/mol. The number of benzene rings is 2. The molecule has 42 heavy (non-hydrogen) atoms. The van der Waals surface area contributed by atoms with Gasteiger partial charge in [0.25, 0.3) is 0 Å². The number of rotatable bonds is 11. The van der Waals surface area contributed by atoms with Gasteiger partial charge >= 0.3 is 35.7 Å². The van der Waals surface area contributed by atoms with E-state index in [-0.39, 0.29) is 22.3 Å². The molecule has 0 amide bonds. The van der Waals surface area contributed by atoms with E-state index in [0.717, 1.165) is 43.3 Å². The number of fused-ring (bicyclic) bond motifs is 1. The lowest BCUT2D eigenvalue weighted by atomic mass is 10.0. The third-order valence-corrected chi connectivity index (χ3v) is 5.48. The van der Waals surface area contributed by atoms with E-state index in [9.17, 15) is 49.1 Å². The first-order chi connectivity index (χ1) is 19.3. The standard InChI is InChI=1S/C26H19F9O7/c1-13(2)21(36)40-12-24(29,30)25(31,32)23(27,28)11-39-16-5-4-14-8-18(22(37)41-19(14)10-16)17-7-6-15(38-3)9-20(17)42-26(33,34)35/h4-10H,1,11-12H2,2-3H3. The van der Waals surface area contributed by atoms with Crippen molar-refractivity contribution in [3.63, 3.8) is 0 Å². The Balaban J connectivity index is 1.86. The van der Waals surface area contributed by atoms with Crippen molar-refractivity contribution in [2.45, 2.75) is 31.1 Å². The first-order valence-corrected chi connectivity index (χ1v) is 11.4. The summed E-state index contributed by atoms with van der Waals surface area (Å²) in [4.78, 5) is 23.8. The average molecular weight is 614 g/mol. The highest BCUT2D eigenvalue weighted by atomic mass is 19.4. The van der Waals surface area contributed by atoms with Crippen LogP contribution >= 0.6 is 0 Å². The Morgan fingerprint density at radius 3 is 2.07 bits per heavy atom. The van der Waals surface area contributed by atoms with Gasteiger partial charge in [0.05, 0.1) is 12.7 Å². The molecular weight excluding hydrogens is 595 g/mol. The molecule has 228 valence electrons. The van der Waals surface area contributed by atoms with Crippen molar-refractivity contribution in [2.24, 2.45) is 0 Å². The number of hydrogen-bond acceptors (Lipinski definition) is 7. The molecule has 0 aliphatic carbocycles. The van der Waals surface area contributed by atoms with E-state index in [1.165, 1.54) is 13.2 Å². The Kier molecular flexibility index (Phi) is 8.79. The maximum Gasteiger partial charge on any atom is 0.573 e. The van der Waals surface area contributed by atoms with Crippen LogP contribution in [-0.2, 0) is 9.53 Å². The van der Waals surface area contributed by atoms with Crippen molar-refractivity contribution in [1.82, 2.24) is 0 Å². The third kappa shape index (κ3) is 6.91. The summed E-state index contributed by atoms with van der Waals surface area (Å²) in [6, 6.07) is 7.07. The zero-order valence-corrected chi connectivity index (χ0v) is 21.4. The fourth-order valence-electron chi connectivity index (χ4n) is 3.33. The number of halogens is 9. The molecule has 0 N–H and O–H groups in total. The summed E-state index contributed by atoms with van der Waals surface area (Å²) in [6.07, 6.45) is -5.14. The summed E-state index contributed by atoms with van der Waals surface area (Å²) in [6.45, 7) is -0.576. The fourth-order valence-corrected chi connectivity index (χ4v) is 3.33. The second-order valence-corrected chi connectivity index (χ2v) is 8.69. The van der Waals surface area contributed by atoms with Gasteiger partial charge in [-0.3, -0.25) is 0 Å². The first kappa shape index (κ1) is 32.1. The van der Waals surface area contributed by atoms with Crippen molar-refractivity contribution in [3.05, 3.63) is 65.0 Å². The highest BCUT2D eigenvalue weighted by Gasteiger charge is 2.72. The lowest BCUT2D eigenvalue weighted by Crippen LogP contribution is -2.58. The van der Waals surface area contributed by atoms with Gasteiger partial charge in [0.15, 0.2) is 13.2 Å². The summed E-state index contributed by atoms with van der Waals surface area (Å²) in [5, 5.41) is 0.0219. The van der Waals surface area contributed by atoms with E-state index < -0.39 is 71.6 Å². The molecule has 0 saturated carbocycles. The van der Waals surface area contributed by atoms with Crippen LogP contribution in [0.25, 0.3) is 22.1 Å². The van der Waals surface area contributed by atoms with Crippen molar-refractivity contribution in [1.29, 1.82) is 0 Å². The Morgan fingerprint density at radius 2 is 1.48 bits per heavy atom. The van der Waals surface area contributed by atoms with Gasteiger partial charge in [-0.15, -0.1) is 13.2 Å². The van der Waals surface area contributed by atoms with E-state index in [0.29, 0.717) is 0 Å². The zero-order valence-electron chi connectivity index (χ0n) is 21.4. The molecule has 0 saturated heterocycles. The molecular formula is C26H19F9O7. The van der Waals surface area contributed by atoms with Crippen LogP contribution < -0.4 is 19.8 Å². The molecule has 3 aromatic rings. The molecule has 1 heterocycles. The number of ether oxygens (including phenoxy) is 4. The summed E-state index contributed by atoms with van der Waals surface area (Å²) >= 11 is 0. The van der Waals surface area contributed by atoms with Crippen molar-refractivity contribution in [3.8, 4) is 28.4 Å². The van der Waals surface area contributed by atoms with Crippen molar-refractivity contribution >= 4 is 16.9 Å². The molecule has 0 atom stereocenters. The Hall–Kier alpha value is -4.37. The van der Waals surface area contributed by atoms with E-state index in [4.69, 9.17) is 9.15 Å². The highest BCUT2D eigenvalue weighted by molar-refractivity contribution is 5.87. The van der Waals surface area contributed by atoms with E-state index in [1.54, 1.807) is 0 Å². The number of alkyl halides is 9. The predicted octanol–water partition coefficient (Wildman–Crippen LogP) is 6.77. The van der Waals surface area contributed by atoms with Crippen molar-refractivity contribution in [2.75, 3.05) is 20.3 Å². The molecule has 0 aliphatic heterocycles. The third-order valence-electron chi connectivity index (χ3n) is 5.48.